The molecule has 0 N–H and O–H groups in total. The summed E-state index contributed by atoms with van der Waals surface area (Å²) in [7, 11) is 0. The Morgan fingerprint density at radius 3 is 1.79 bits per heavy atom. The van der Waals surface area contributed by atoms with Gasteiger partial charge in [-0.05, 0) is 75.6 Å². The quantitative estimate of drug-likeness (QED) is 0.398. The molecule has 0 bridgehead atoms. The molecular formula is C24H23Cl2N3. The molecule has 0 fully saturated rings. The molecular weight excluding hydrogens is 401 g/mol. The lowest BCUT2D eigenvalue weighted by Crippen LogP contribution is -2.05. The fraction of sp³-hybridized carbons (Fsp3) is 0.208. The third-order valence-corrected chi connectivity index (χ3v) is 5.21. The van der Waals surface area contributed by atoms with Gasteiger partial charge in [-0.25, -0.2) is 9.98 Å². The van der Waals surface area contributed by atoms with Crippen molar-refractivity contribution in [3.63, 3.8) is 0 Å². The second-order valence-electron chi connectivity index (χ2n) is 7.10. The van der Waals surface area contributed by atoms with E-state index in [4.69, 9.17) is 38.2 Å². The third-order valence-electron chi connectivity index (χ3n) is 4.71. The van der Waals surface area contributed by atoms with Gasteiger partial charge in [0.15, 0.2) is 0 Å². The van der Waals surface area contributed by atoms with E-state index in [0.717, 1.165) is 45.2 Å². The Labute approximate surface area is 182 Å². The molecule has 0 aliphatic carbocycles. The number of benzene rings is 2. The van der Waals surface area contributed by atoms with Crippen molar-refractivity contribution in [3.05, 3.63) is 86.7 Å². The molecule has 0 aliphatic rings. The number of pyridine rings is 1. The second-order valence-corrected chi connectivity index (χ2v) is 7.94. The van der Waals surface area contributed by atoms with Crippen molar-refractivity contribution >= 4 is 46.0 Å². The van der Waals surface area contributed by atoms with Crippen LogP contribution >= 0.6 is 23.2 Å². The molecule has 0 radical (unpaired) electrons. The molecule has 3 nitrogen and oxygen atoms in total. The van der Waals surface area contributed by atoms with Crippen LogP contribution in [0.3, 0.4) is 0 Å². The van der Waals surface area contributed by atoms with Crippen molar-refractivity contribution < 1.29 is 0 Å². The summed E-state index contributed by atoms with van der Waals surface area (Å²) in [6.07, 6.45) is 0. The zero-order valence-electron chi connectivity index (χ0n) is 17.2. The highest BCUT2D eigenvalue weighted by Gasteiger charge is 2.09. The first-order valence-electron chi connectivity index (χ1n) is 9.36. The number of rotatable bonds is 4. The second kappa shape index (κ2) is 8.89. The van der Waals surface area contributed by atoms with E-state index in [0.29, 0.717) is 15.7 Å². The maximum absolute atomic E-state index is 6.34. The van der Waals surface area contributed by atoms with Crippen LogP contribution in [0.25, 0.3) is 0 Å². The minimum atomic E-state index is 0.526. The molecule has 3 rings (SSSR count). The standard InChI is InChI=1S/C24H23Cl2N3/c1-14-8-6-9-15(2)23(14)27-17(4)21-10-7-11-22(29-21)18(5)28-24-16(3)12-19(25)13-20(24)26/h6-13H,1-5H3/b27-17+,28-18+. The average Bonchev–Trinajstić information content (AvgIpc) is 2.67. The first-order valence-corrected chi connectivity index (χ1v) is 10.1. The smallest absolute Gasteiger partial charge is 0.0850 e. The fourth-order valence-electron chi connectivity index (χ4n) is 3.11. The molecule has 0 unspecified atom stereocenters. The molecule has 0 aliphatic heterocycles. The fourth-order valence-corrected chi connectivity index (χ4v) is 3.74. The van der Waals surface area contributed by atoms with Crippen LogP contribution in [0, 0.1) is 20.8 Å². The number of hydrogen-bond acceptors (Lipinski definition) is 3. The number of halogens is 2. The Morgan fingerprint density at radius 2 is 1.24 bits per heavy atom. The highest BCUT2D eigenvalue weighted by Crippen LogP contribution is 2.32. The van der Waals surface area contributed by atoms with E-state index in [9.17, 15) is 0 Å². The van der Waals surface area contributed by atoms with Gasteiger partial charge < -0.3 is 0 Å². The van der Waals surface area contributed by atoms with Crippen LogP contribution in [-0.4, -0.2) is 16.4 Å². The lowest BCUT2D eigenvalue weighted by molar-refractivity contribution is 1.23. The molecule has 0 spiro atoms. The monoisotopic (exact) mass is 423 g/mol. The number of hydrogen-bond donors (Lipinski definition) is 0. The van der Waals surface area contributed by atoms with Gasteiger partial charge in [0, 0.05) is 5.02 Å². The summed E-state index contributed by atoms with van der Waals surface area (Å²) in [5.41, 5.74) is 8.15. The van der Waals surface area contributed by atoms with Gasteiger partial charge in [-0.3, -0.25) is 4.99 Å². The summed E-state index contributed by atoms with van der Waals surface area (Å²) >= 11 is 12.4. The van der Waals surface area contributed by atoms with E-state index in [1.807, 2.05) is 51.1 Å². The van der Waals surface area contributed by atoms with E-state index < -0.39 is 0 Å². The highest BCUT2D eigenvalue weighted by molar-refractivity contribution is 6.36. The first kappa shape index (κ1) is 21.2. The largest absolute Gasteiger partial charge is 0.251 e. The molecule has 29 heavy (non-hydrogen) atoms. The average molecular weight is 424 g/mol. The molecule has 2 aromatic carbocycles. The van der Waals surface area contributed by atoms with Crippen molar-refractivity contribution in [1.82, 2.24) is 4.98 Å². The predicted molar refractivity (Wildman–Crippen MR) is 125 cm³/mol. The number of aryl methyl sites for hydroxylation is 3. The summed E-state index contributed by atoms with van der Waals surface area (Å²) in [5, 5.41) is 1.13. The number of nitrogens with zero attached hydrogens (tertiary/aromatic N) is 3. The molecule has 0 amide bonds. The third kappa shape index (κ3) is 4.92. The summed E-state index contributed by atoms with van der Waals surface area (Å²) in [5.74, 6) is 0. The van der Waals surface area contributed by atoms with Crippen LogP contribution in [0.4, 0.5) is 11.4 Å². The van der Waals surface area contributed by atoms with Crippen LogP contribution in [0.2, 0.25) is 10.0 Å². The van der Waals surface area contributed by atoms with Crippen molar-refractivity contribution in [2.24, 2.45) is 9.98 Å². The summed E-state index contributed by atoms with van der Waals surface area (Å²) in [4.78, 5) is 14.3. The topological polar surface area (TPSA) is 37.6 Å². The molecule has 1 aromatic heterocycles. The van der Waals surface area contributed by atoms with E-state index >= 15 is 0 Å². The number of aliphatic imine (C=N–C) groups is 2. The van der Waals surface area contributed by atoms with E-state index in [1.165, 1.54) is 0 Å². The van der Waals surface area contributed by atoms with Gasteiger partial charge in [-0.2, -0.15) is 0 Å². The SMILES string of the molecule is C/C(=N\c1c(C)cccc1C)c1cccc(/C(C)=N/c2c(C)cc(Cl)cc2Cl)n1. The van der Waals surface area contributed by atoms with E-state index in [1.54, 1.807) is 6.07 Å². The van der Waals surface area contributed by atoms with Crippen molar-refractivity contribution in [2.75, 3.05) is 0 Å². The number of para-hydroxylation sites is 1. The predicted octanol–water partition coefficient (Wildman–Crippen LogP) is 7.60. The maximum atomic E-state index is 6.34. The van der Waals surface area contributed by atoms with Crippen LogP contribution in [0.5, 0.6) is 0 Å². The summed E-state index contributed by atoms with van der Waals surface area (Å²) in [6.45, 7) is 9.98. The van der Waals surface area contributed by atoms with E-state index in [2.05, 4.69) is 26.0 Å². The molecule has 5 heteroatoms. The van der Waals surface area contributed by atoms with Gasteiger partial charge in [0.05, 0.1) is 39.2 Å². The van der Waals surface area contributed by atoms with Crippen molar-refractivity contribution in [3.8, 4) is 0 Å². The van der Waals surface area contributed by atoms with Gasteiger partial charge in [-0.15, -0.1) is 0 Å². The van der Waals surface area contributed by atoms with Crippen molar-refractivity contribution in [1.29, 1.82) is 0 Å². The van der Waals surface area contributed by atoms with Gasteiger partial charge in [0.25, 0.3) is 0 Å². The zero-order valence-corrected chi connectivity index (χ0v) is 18.7. The molecule has 0 saturated heterocycles. The van der Waals surface area contributed by atoms with Gasteiger partial charge >= 0.3 is 0 Å². The molecule has 0 saturated carbocycles. The highest BCUT2D eigenvalue weighted by atomic mass is 35.5. The lowest BCUT2D eigenvalue weighted by atomic mass is 10.1. The van der Waals surface area contributed by atoms with Crippen LogP contribution in [-0.2, 0) is 0 Å². The lowest BCUT2D eigenvalue weighted by Gasteiger charge is -2.09. The van der Waals surface area contributed by atoms with Gasteiger partial charge in [0.2, 0.25) is 0 Å². The minimum absolute atomic E-state index is 0.526. The maximum Gasteiger partial charge on any atom is 0.0850 e. The molecule has 1 heterocycles. The number of aromatic nitrogens is 1. The molecule has 148 valence electrons. The Bertz CT molecular complexity index is 1090. The van der Waals surface area contributed by atoms with Gasteiger partial charge in [0.1, 0.15) is 0 Å². The van der Waals surface area contributed by atoms with E-state index in [-0.39, 0.29) is 0 Å². The Kier molecular flexibility index (Phi) is 6.51. The van der Waals surface area contributed by atoms with Crippen LogP contribution in [0.15, 0.2) is 58.5 Å². The molecule has 3 aromatic rings. The Balaban J connectivity index is 1.98. The van der Waals surface area contributed by atoms with Crippen LogP contribution < -0.4 is 0 Å². The Morgan fingerprint density at radius 1 is 0.724 bits per heavy atom. The summed E-state index contributed by atoms with van der Waals surface area (Å²) < 4.78 is 0. The first-order chi connectivity index (χ1) is 13.8. The normalized spacial score (nSPS) is 12.4. The summed E-state index contributed by atoms with van der Waals surface area (Å²) in [6, 6.07) is 15.6. The van der Waals surface area contributed by atoms with Crippen LogP contribution in [0.1, 0.15) is 41.9 Å². The molecule has 0 atom stereocenters. The Hall–Kier alpha value is -2.49. The van der Waals surface area contributed by atoms with Crippen molar-refractivity contribution in [2.45, 2.75) is 34.6 Å². The zero-order chi connectivity index (χ0) is 21.1. The minimum Gasteiger partial charge on any atom is -0.251 e. The van der Waals surface area contributed by atoms with Gasteiger partial charge in [-0.1, -0.05) is 47.5 Å².